The lowest BCUT2D eigenvalue weighted by Crippen LogP contribution is -2.51. The first-order valence-electron chi connectivity index (χ1n) is 10.1. The van der Waals surface area contributed by atoms with E-state index in [1.165, 1.54) is 44.0 Å². The molecule has 2 heteroatoms. The van der Waals surface area contributed by atoms with E-state index < -0.39 is 0 Å². The Morgan fingerprint density at radius 3 is 2.62 bits per heavy atom. The van der Waals surface area contributed by atoms with Gasteiger partial charge in [0.15, 0.2) is 5.78 Å². The van der Waals surface area contributed by atoms with Gasteiger partial charge < -0.3 is 4.79 Å². The summed E-state index contributed by atoms with van der Waals surface area (Å²) in [5.74, 6) is 3.50. The number of carbonyl (C=O) groups is 2. The van der Waals surface area contributed by atoms with Crippen molar-refractivity contribution in [1.29, 1.82) is 0 Å². The van der Waals surface area contributed by atoms with Crippen molar-refractivity contribution >= 4 is 12.1 Å². The van der Waals surface area contributed by atoms with Crippen molar-refractivity contribution in [3.8, 4) is 0 Å². The molecule has 0 amide bonds. The van der Waals surface area contributed by atoms with Gasteiger partial charge in [-0.2, -0.15) is 0 Å². The molecule has 0 saturated heterocycles. The molecule has 0 aromatic rings. The van der Waals surface area contributed by atoms with Crippen molar-refractivity contribution in [1.82, 2.24) is 0 Å². The molecule has 0 spiro atoms. The predicted molar refractivity (Wildman–Crippen MR) is 95.4 cm³/mol. The highest BCUT2D eigenvalue weighted by Crippen LogP contribution is 2.67. The van der Waals surface area contributed by atoms with E-state index in [9.17, 15) is 9.59 Å². The van der Waals surface area contributed by atoms with Crippen molar-refractivity contribution in [2.75, 3.05) is 0 Å². The summed E-state index contributed by atoms with van der Waals surface area (Å²) in [6.45, 7) is 7.07. The smallest absolute Gasteiger partial charge is 0.155 e. The van der Waals surface area contributed by atoms with E-state index in [-0.39, 0.29) is 11.3 Å². The van der Waals surface area contributed by atoms with Crippen LogP contribution in [0.25, 0.3) is 0 Å². The highest BCUT2D eigenvalue weighted by molar-refractivity contribution is 5.91. The first kappa shape index (κ1) is 16.5. The highest BCUT2D eigenvalue weighted by Gasteiger charge is 2.59. The van der Waals surface area contributed by atoms with Crippen LogP contribution >= 0.6 is 0 Å². The predicted octanol–water partition coefficient (Wildman–Crippen LogP) is 4.97. The summed E-state index contributed by atoms with van der Waals surface area (Å²) in [6, 6.07) is 0. The molecule has 7 atom stereocenters. The Hall–Kier alpha value is -0.920. The van der Waals surface area contributed by atoms with Crippen molar-refractivity contribution < 1.29 is 9.59 Å². The van der Waals surface area contributed by atoms with E-state index in [1.54, 1.807) is 0 Å². The molecule has 4 aliphatic rings. The minimum atomic E-state index is 0.207. The van der Waals surface area contributed by atoms with Crippen LogP contribution in [0, 0.1) is 40.4 Å². The second-order valence-electron chi connectivity index (χ2n) is 9.69. The van der Waals surface area contributed by atoms with Crippen molar-refractivity contribution in [3.05, 3.63) is 11.6 Å². The molecular formula is C22H32O2. The lowest BCUT2D eigenvalue weighted by molar-refractivity contribution is -0.118. The second-order valence-corrected chi connectivity index (χ2v) is 9.69. The summed E-state index contributed by atoms with van der Waals surface area (Å²) in [7, 11) is 0. The SMILES string of the molecule is CC(C=O)[C@H]1CC[C@H]2[C@@H]3CCC4=CC(=O)CC[C@]4(C)[C@H]3CC[C@]12C. The van der Waals surface area contributed by atoms with Gasteiger partial charge >= 0.3 is 0 Å². The molecule has 1 unspecified atom stereocenters. The van der Waals surface area contributed by atoms with Crippen LogP contribution in [0.5, 0.6) is 0 Å². The lowest BCUT2D eigenvalue weighted by Gasteiger charge is -2.58. The summed E-state index contributed by atoms with van der Waals surface area (Å²) in [5.41, 5.74) is 2.09. The number of rotatable bonds is 2. The fourth-order valence-corrected chi connectivity index (χ4v) is 7.56. The molecule has 3 fully saturated rings. The molecule has 0 aliphatic heterocycles. The second kappa shape index (κ2) is 5.54. The first-order valence-corrected chi connectivity index (χ1v) is 10.1. The molecule has 2 nitrogen and oxygen atoms in total. The normalized spacial score (nSPS) is 48.8. The van der Waals surface area contributed by atoms with Crippen molar-refractivity contribution in [2.45, 2.75) is 72.1 Å². The summed E-state index contributed by atoms with van der Waals surface area (Å²) in [5, 5.41) is 0. The van der Waals surface area contributed by atoms with Crippen molar-refractivity contribution in [3.63, 3.8) is 0 Å². The molecule has 0 heterocycles. The van der Waals surface area contributed by atoms with Gasteiger partial charge in [-0.15, -0.1) is 0 Å². The molecule has 0 aromatic carbocycles. The Balaban J connectivity index is 1.65. The molecule has 4 rings (SSSR count). The van der Waals surface area contributed by atoms with Gasteiger partial charge in [-0.25, -0.2) is 0 Å². The molecule has 0 bridgehead atoms. The molecular weight excluding hydrogens is 296 g/mol. The summed E-state index contributed by atoms with van der Waals surface area (Å²) in [6.07, 6.45) is 12.5. The average molecular weight is 328 g/mol. The van der Waals surface area contributed by atoms with Crippen LogP contribution in [0.1, 0.15) is 72.1 Å². The van der Waals surface area contributed by atoms with Crippen LogP contribution in [-0.2, 0) is 9.59 Å². The van der Waals surface area contributed by atoms with Gasteiger partial charge in [0.05, 0.1) is 0 Å². The van der Waals surface area contributed by atoms with Crippen LogP contribution in [0.4, 0.5) is 0 Å². The summed E-state index contributed by atoms with van der Waals surface area (Å²) < 4.78 is 0. The number of hydrogen-bond acceptors (Lipinski definition) is 2. The molecule has 3 saturated carbocycles. The van der Waals surface area contributed by atoms with Gasteiger partial charge in [-0.3, -0.25) is 4.79 Å². The van der Waals surface area contributed by atoms with Crippen LogP contribution in [-0.4, -0.2) is 12.1 Å². The molecule has 24 heavy (non-hydrogen) atoms. The van der Waals surface area contributed by atoms with Crippen LogP contribution in [0.15, 0.2) is 11.6 Å². The van der Waals surface area contributed by atoms with Crippen LogP contribution < -0.4 is 0 Å². The number of hydrogen-bond donors (Lipinski definition) is 0. The van der Waals surface area contributed by atoms with Gasteiger partial charge in [0.25, 0.3) is 0 Å². The number of allylic oxidation sites excluding steroid dienone is 1. The molecule has 4 aliphatic carbocycles. The summed E-state index contributed by atoms with van der Waals surface area (Å²) in [4.78, 5) is 23.3. The number of aldehydes is 1. The molecule has 132 valence electrons. The van der Waals surface area contributed by atoms with Crippen LogP contribution in [0.3, 0.4) is 0 Å². The Labute approximate surface area is 146 Å². The zero-order valence-electron chi connectivity index (χ0n) is 15.5. The standard InChI is InChI=1S/C22H32O2/c1-14(13-23)18-6-7-19-17-5-4-15-12-16(24)8-10-21(15,2)20(17)9-11-22(18,19)3/h12-14,17-20H,4-11H2,1-3H3/t14?,17-,18+,19-,20-,21-,22+/m0/s1. The van der Waals surface area contributed by atoms with E-state index >= 15 is 0 Å². The lowest BCUT2D eigenvalue weighted by atomic mass is 9.46. The maximum Gasteiger partial charge on any atom is 0.155 e. The number of carbonyl (C=O) groups excluding carboxylic acids is 2. The zero-order chi connectivity index (χ0) is 17.1. The maximum absolute atomic E-state index is 11.9. The monoisotopic (exact) mass is 328 g/mol. The van der Waals surface area contributed by atoms with Gasteiger partial charge in [-0.1, -0.05) is 26.3 Å². The van der Waals surface area contributed by atoms with Gasteiger partial charge in [0.1, 0.15) is 6.29 Å². The molecule has 0 N–H and O–H groups in total. The Kier molecular flexibility index (Phi) is 3.82. The topological polar surface area (TPSA) is 34.1 Å². The number of fused-ring (bicyclic) bond motifs is 5. The first-order chi connectivity index (χ1) is 11.4. The Morgan fingerprint density at radius 2 is 1.88 bits per heavy atom. The fourth-order valence-electron chi connectivity index (χ4n) is 7.56. The molecule has 0 aromatic heterocycles. The third kappa shape index (κ3) is 2.14. The van der Waals surface area contributed by atoms with Crippen LogP contribution in [0.2, 0.25) is 0 Å². The number of ketones is 1. The van der Waals surface area contributed by atoms with E-state index in [4.69, 9.17) is 0 Å². The van der Waals surface area contributed by atoms with Gasteiger partial charge in [0, 0.05) is 12.3 Å². The third-order valence-electron chi connectivity index (χ3n) is 8.88. The van der Waals surface area contributed by atoms with E-state index in [1.807, 2.05) is 6.08 Å². The van der Waals surface area contributed by atoms with Gasteiger partial charge in [0.2, 0.25) is 0 Å². The van der Waals surface area contributed by atoms with Crippen molar-refractivity contribution in [2.24, 2.45) is 40.4 Å². The third-order valence-corrected chi connectivity index (χ3v) is 8.88. The minimum Gasteiger partial charge on any atom is -0.303 e. The van der Waals surface area contributed by atoms with E-state index in [0.29, 0.717) is 17.1 Å². The maximum atomic E-state index is 11.9. The van der Waals surface area contributed by atoms with E-state index in [2.05, 4.69) is 20.8 Å². The zero-order valence-corrected chi connectivity index (χ0v) is 15.5. The summed E-state index contributed by atoms with van der Waals surface area (Å²) >= 11 is 0. The highest BCUT2D eigenvalue weighted by atomic mass is 16.1. The van der Waals surface area contributed by atoms with Gasteiger partial charge in [-0.05, 0) is 85.5 Å². The van der Waals surface area contributed by atoms with E-state index in [0.717, 1.165) is 37.0 Å². The molecule has 0 radical (unpaired) electrons. The largest absolute Gasteiger partial charge is 0.303 e. The Morgan fingerprint density at radius 1 is 1.08 bits per heavy atom. The minimum absolute atomic E-state index is 0.207. The Bertz CT molecular complexity index is 591. The average Bonchev–Trinajstić information content (AvgIpc) is 2.92. The quantitative estimate of drug-likeness (QED) is 0.671. The fraction of sp³-hybridized carbons (Fsp3) is 0.818.